The van der Waals surface area contributed by atoms with Crippen molar-refractivity contribution in [1.29, 1.82) is 0 Å². The maximum atomic E-state index is 12.5. The van der Waals surface area contributed by atoms with E-state index in [9.17, 15) is 18.0 Å². The van der Waals surface area contributed by atoms with Crippen LogP contribution in [-0.2, 0) is 19.6 Å². The van der Waals surface area contributed by atoms with Crippen LogP contribution >= 0.6 is 0 Å². The number of carbonyl (C=O) groups is 2. The lowest BCUT2D eigenvalue weighted by Crippen LogP contribution is -2.52. The first kappa shape index (κ1) is 17.0. The molecule has 2 amide bonds. The first-order chi connectivity index (χ1) is 10.4. The molecule has 0 aromatic rings. The predicted octanol–water partition coefficient (Wildman–Crippen LogP) is -0.485. The second kappa shape index (κ2) is 6.78. The van der Waals surface area contributed by atoms with E-state index in [1.165, 1.54) is 4.31 Å². The van der Waals surface area contributed by atoms with Crippen LogP contribution in [0.1, 0.15) is 13.3 Å². The van der Waals surface area contributed by atoms with Crippen molar-refractivity contribution in [1.82, 2.24) is 14.1 Å². The van der Waals surface area contributed by atoms with E-state index < -0.39 is 10.0 Å². The smallest absolute Gasteiger partial charge is 0.228 e. The standard InChI is InChI=1S/C14H23N3O4S/c1-3-5-16-11-12(10-13(16)18)14(19)15-6-8-17(9-7-15)22(20,21)4-2/h3,12H,1,4-11H2,2H3. The Hall–Kier alpha value is -1.41. The Morgan fingerprint density at radius 3 is 2.50 bits per heavy atom. The molecule has 0 bridgehead atoms. The molecule has 2 aliphatic rings. The molecule has 2 aliphatic heterocycles. The van der Waals surface area contributed by atoms with Crippen molar-refractivity contribution >= 4 is 21.8 Å². The van der Waals surface area contributed by atoms with Crippen molar-refractivity contribution in [2.45, 2.75) is 13.3 Å². The molecule has 0 saturated carbocycles. The number of nitrogens with zero attached hydrogens (tertiary/aromatic N) is 3. The van der Waals surface area contributed by atoms with Crippen LogP contribution in [0, 0.1) is 5.92 Å². The highest BCUT2D eigenvalue weighted by molar-refractivity contribution is 7.89. The molecule has 8 heteroatoms. The van der Waals surface area contributed by atoms with E-state index >= 15 is 0 Å². The van der Waals surface area contributed by atoms with E-state index in [2.05, 4.69) is 6.58 Å². The van der Waals surface area contributed by atoms with Crippen molar-refractivity contribution in [2.75, 3.05) is 45.0 Å². The molecule has 0 aromatic heterocycles. The summed E-state index contributed by atoms with van der Waals surface area (Å²) in [7, 11) is -3.19. The number of sulfonamides is 1. The van der Waals surface area contributed by atoms with Crippen LogP contribution in [0.5, 0.6) is 0 Å². The fourth-order valence-corrected chi connectivity index (χ4v) is 3.98. The molecule has 0 spiro atoms. The van der Waals surface area contributed by atoms with Gasteiger partial charge in [0, 0.05) is 45.7 Å². The Balaban J connectivity index is 1.91. The molecule has 7 nitrogen and oxygen atoms in total. The van der Waals surface area contributed by atoms with Crippen LogP contribution in [0.2, 0.25) is 0 Å². The van der Waals surface area contributed by atoms with Crippen LogP contribution in [0.4, 0.5) is 0 Å². The van der Waals surface area contributed by atoms with E-state index in [1.807, 2.05) is 0 Å². The number of rotatable bonds is 5. The molecule has 0 aromatic carbocycles. The summed E-state index contributed by atoms with van der Waals surface area (Å²) in [5.74, 6) is -0.310. The summed E-state index contributed by atoms with van der Waals surface area (Å²) in [6.45, 7) is 7.56. The van der Waals surface area contributed by atoms with Crippen molar-refractivity contribution < 1.29 is 18.0 Å². The molecule has 2 rings (SSSR count). The van der Waals surface area contributed by atoms with Gasteiger partial charge < -0.3 is 9.80 Å². The zero-order chi connectivity index (χ0) is 16.3. The molecule has 2 fully saturated rings. The number of piperazine rings is 1. The maximum absolute atomic E-state index is 12.5. The summed E-state index contributed by atoms with van der Waals surface area (Å²) in [5, 5.41) is 0. The van der Waals surface area contributed by atoms with E-state index in [0.717, 1.165) is 0 Å². The summed E-state index contributed by atoms with van der Waals surface area (Å²) >= 11 is 0. The molecule has 124 valence electrons. The maximum Gasteiger partial charge on any atom is 0.228 e. The van der Waals surface area contributed by atoms with Gasteiger partial charge in [0.25, 0.3) is 0 Å². The van der Waals surface area contributed by atoms with Crippen molar-refractivity contribution in [3.05, 3.63) is 12.7 Å². The third-order valence-electron chi connectivity index (χ3n) is 4.22. The monoisotopic (exact) mass is 329 g/mol. The second-order valence-electron chi connectivity index (χ2n) is 5.61. The van der Waals surface area contributed by atoms with Crippen LogP contribution in [0.25, 0.3) is 0 Å². The van der Waals surface area contributed by atoms with Gasteiger partial charge in [0.05, 0.1) is 11.7 Å². The van der Waals surface area contributed by atoms with Crippen molar-refractivity contribution in [2.24, 2.45) is 5.92 Å². The minimum atomic E-state index is -3.19. The van der Waals surface area contributed by atoms with Crippen LogP contribution in [0.3, 0.4) is 0 Å². The summed E-state index contributed by atoms with van der Waals surface area (Å²) < 4.78 is 25.0. The van der Waals surface area contributed by atoms with E-state index in [1.54, 1.807) is 22.8 Å². The fourth-order valence-electron chi connectivity index (χ4n) is 2.90. The van der Waals surface area contributed by atoms with E-state index in [-0.39, 0.29) is 29.9 Å². The quantitative estimate of drug-likeness (QED) is 0.638. The lowest BCUT2D eigenvalue weighted by molar-refractivity contribution is -0.137. The second-order valence-corrected chi connectivity index (χ2v) is 7.87. The third-order valence-corrected chi connectivity index (χ3v) is 6.10. The first-order valence-corrected chi connectivity index (χ1v) is 9.15. The predicted molar refractivity (Wildman–Crippen MR) is 82.5 cm³/mol. The summed E-state index contributed by atoms with van der Waals surface area (Å²) in [6.07, 6.45) is 1.89. The Kier molecular flexibility index (Phi) is 5.23. The molecule has 1 atom stereocenters. The van der Waals surface area contributed by atoms with Gasteiger partial charge in [-0.05, 0) is 6.92 Å². The SMILES string of the molecule is C=CCN1CC(C(=O)N2CCN(S(=O)(=O)CC)CC2)CC1=O. The largest absolute Gasteiger partial charge is 0.340 e. The molecule has 0 radical (unpaired) electrons. The van der Waals surface area contributed by atoms with E-state index in [4.69, 9.17) is 0 Å². The van der Waals surface area contributed by atoms with Crippen LogP contribution in [0.15, 0.2) is 12.7 Å². The zero-order valence-electron chi connectivity index (χ0n) is 12.9. The van der Waals surface area contributed by atoms with Crippen molar-refractivity contribution in [3.63, 3.8) is 0 Å². The van der Waals surface area contributed by atoms with Gasteiger partial charge in [0.1, 0.15) is 0 Å². The molecule has 0 N–H and O–H groups in total. The Morgan fingerprint density at radius 2 is 1.95 bits per heavy atom. The van der Waals surface area contributed by atoms with Gasteiger partial charge in [-0.15, -0.1) is 6.58 Å². The number of hydrogen-bond donors (Lipinski definition) is 0. The Labute approximate surface area is 131 Å². The summed E-state index contributed by atoms with van der Waals surface area (Å²) in [6, 6.07) is 0. The van der Waals surface area contributed by atoms with Gasteiger partial charge in [-0.25, -0.2) is 8.42 Å². The number of carbonyl (C=O) groups excluding carboxylic acids is 2. The van der Waals surface area contributed by atoms with Gasteiger partial charge in [0.2, 0.25) is 21.8 Å². The number of likely N-dealkylation sites (tertiary alicyclic amines) is 1. The van der Waals surface area contributed by atoms with Gasteiger partial charge in [0.15, 0.2) is 0 Å². The molecular formula is C14H23N3O4S. The van der Waals surface area contributed by atoms with Gasteiger partial charge in [-0.2, -0.15) is 4.31 Å². The molecular weight excluding hydrogens is 306 g/mol. The highest BCUT2D eigenvalue weighted by Gasteiger charge is 2.37. The molecule has 0 aliphatic carbocycles. The molecule has 2 heterocycles. The topological polar surface area (TPSA) is 78.0 Å². The normalized spacial score (nSPS) is 23.9. The molecule has 22 heavy (non-hydrogen) atoms. The van der Waals surface area contributed by atoms with Crippen molar-refractivity contribution in [3.8, 4) is 0 Å². The average molecular weight is 329 g/mol. The Morgan fingerprint density at radius 1 is 1.32 bits per heavy atom. The average Bonchev–Trinajstić information content (AvgIpc) is 2.88. The highest BCUT2D eigenvalue weighted by atomic mass is 32.2. The summed E-state index contributed by atoms with van der Waals surface area (Å²) in [5.41, 5.74) is 0. The first-order valence-electron chi connectivity index (χ1n) is 7.54. The van der Waals surface area contributed by atoms with E-state index in [0.29, 0.717) is 39.3 Å². The highest BCUT2D eigenvalue weighted by Crippen LogP contribution is 2.21. The number of hydrogen-bond acceptors (Lipinski definition) is 4. The minimum absolute atomic E-state index is 0.0227. The lowest BCUT2D eigenvalue weighted by atomic mass is 10.1. The summed E-state index contributed by atoms with van der Waals surface area (Å²) in [4.78, 5) is 27.6. The van der Waals surface area contributed by atoms with Gasteiger partial charge in [-0.1, -0.05) is 6.08 Å². The Bertz CT molecular complexity index is 552. The van der Waals surface area contributed by atoms with Gasteiger partial charge in [-0.3, -0.25) is 9.59 Å². The molecule has 1 unspecified atom stereocenters. The zero-order valence-corrected chi connectivity index (χ0v) is 13.7. The lowest BCUT2D eigenvalue weighted by Gasteiger charge is -2.35. The van der Waals surface area contributed by atoms with Crippen LogP contribution in [-0.4, -0.2) is 79.4 Å². The number of amides is 2. The fraction of sp³-hybridized carbons (Fsp3) is 0.714. The van der Waals surface area contributed by atoms with Crippen LogP contribution < -0.4 is 0 Å². The third kappa shape index (κ3) is 3.49. The molecule has 2 saturated heterocycles. The van der Waals surface area contributed by atoms with Gasteiger partial charge >= 0.3 is 0 Å². The minimum Gasteiger partial charge on any atom is -0.340 e.